The number of hydrogen-bond acceptors (Lipinski definition) is 2. The molecule has 126 valence electrons. The number of nitrogens with zero attached hydrogens (tertiary/aromatic N) is 1. The molecule has 2 aromatic rings. The standard InChI is InChI=1S/C18H20ClN3O2/c1-18(10-12-4-2-5-14(19)8-12)6-3-7-22(18)17(24)15-9-13(11-21-15)16(20)23/h2,4-5,8-9,11,21H,3,6-7,10H2,1H3,(H2,20,23). The van der Waals surface area contributed by atoms with Gasteiger partial charge in [-0.15, -0.1) is 0 Å². The maximum atomic E-state index is 12.9. The van der Waals surface area contributed by atoms with Gasteiger partial charge in [0.15, 0.2) is 0 Å². The topological polar surface area (TPSA) is 79.2 Å². The average molecular weight is 346 g/mol. The summed E-state index contributed by atoms with van der Waals surface area (Å²) in [5.41, 5.74) is 6.79. The van der Waals surface area contributed by atoms with Gasteiger partial charge in [0, 0.05) is 23.3 Å². The van der Waals surface area contributed by atoms with E-state index in [0.717, 1.165) is 24.8 Å². The summed E-state index contributed by atoms with van der Waals surface area (Å²) in [6, 6.07) is 9.25. The molecule has 1 aliphatic rings. The summed E-state index contributed by atoms with van der Waals surface area (Å²) in [6.07, 6.45) is 4.09. The van der Waals surface area contributed by atoms with Crippen molar-refractivity contribution in [3.8, 4) is 0 Å². The number of benzene rings is 1. The summed E-state index contributed by atoms with van der Waals surface area (Å²) in [5, 5.41) is 0.697. The number of aromatic nitrogens is 1. The average Bonchev–Trinajstić information content (AvgIpc) is 3.13. The number of halogens is 1. The Bertz CT molecular complexity index is 786. The Morgan fingerprint density at radius 1 is 1.38 bits per heavy atom. The zero-order valence-corrected chi connectivity index (χ0v) is 14.3. The molecule has 0 saturated carbocycles. The number of primary amides is 1. The molecule has 1 aliphatic heterocycles. The molecule has 1 atom stereocenters. The zero-order chi connectivity index (χ0) is 17.3. The van der Waals surface area contributed by atoms with Crippen LogP contribution in [0.2, 0.25) is 5.02 Å². The van der Waals surface area contributed by atoms with Crippen LogP contribution in [0.25, 0.3) is 0 Å². The monoisotopic (exact) mass is 345 g/mol. The number of nitrogens with two attached hydrogens (primary N) is 1. The van der Waals surface area contributed by atoms with E-state index in [4.69, 9.17) is 17.3 Å². The fourth-order valence-corrected chi connectivity index (χ4v) is 3.66. The van der Waals surface area contributed by atoms with Gasteiger partial charge in [-0.1, -0.05) is 23.7 Å². The van der Waals surface area contributed by atoms with E-state index >= 15 is 0 Å². The fourth-order valence-electron chi connectivity index (χ4n) is 3.45. The number of likely N-dealkylation sites (tertiary alicyclic amines) is 1. The van der Waals surface area contributed by atoms with Crippen LogP contribution in [0, 0.1) is 0 Å². The van der Waals surface area contributed by atoms with Gasteiger partial charge in [0.1, 0.15) is 5.69 Å². The quantitative estimate of drug-likeness (QED) is 0.893. The van der Waals surface area contributed by atoms with Crippen LogP contribution in [0.1, 0.15) is 46.2 Å². The third-order valence-electron chi connectivity index (χ3n) is 4.67. The van der Waals surface area contributed by atoms with E-state index in [-0.39, 0.29) is 11.4 Å². The van der Waals surface area contributed by atoms with E-state index in [1.54, 1.807) is 0 Å². The number of nitrogens with one attached hydrogen (secondary N) is 1. The predicted octanol–water partition coefficient (Wildman–Crippen LogP) is 3.00. The molecule has 0 aliphatic carbocycles. The van der Waals surface area contributed by atoms with E-state index < -0.39 is 5.91 Å². The van der Waals surface area contributed by atoms with E-state index in [1.807, 2.05) is 29.2 Å². The molecule has 3 N–H and O–H groups in total. The number of aromatic amines is 1. The molecule has 1 fully saturated rings. The Balaban J connectivity index is 1.83. The molecule has 0 radical (unpaired) electrons. The Morgan fingerprint density at radius 2 is 2.17 bits per heavy atom. The SMILES string of the molecule is CC1(Cc2cccc(Cl)c2)CCCN1C(=O)c1cc(C(N)=O)c[nH]1. The molecule has 3 rings (SSSR count). The van der Waals surface area contributed by atoms with Gasteiger partial charge >= 0.3 is 0 Å². The van der Waals surface area contributed by atoms with Crippen LogP contribution < -0.4 is 5.73 Å². The molecule has 1 aromatic carbocycles. The van der Waals surface area contributed by atoms with Gasteiger partial charge in [-0.2, -0.15) is 0 Å². The number of hydrogen-bond donors (Lipinski definition) is 2. The number of carbonyl (C=O) groups excluding carboxylic acids is 2. The highest BCUT2D eigenvalue weighted by molar-refractivity contribution is 6.30. The van der Waals surface area contributed by atoms with Crippen molar-refractivity contribution in [1.82, 2.24) is 9.88 Å². The fraction of sp³-hybridized carbons (Fsp3) is 0.333. The van der Waals surface area contributed by atoms with Crippen molar-refractivity contribution in [2.24, 2.45) is 5.73 Å². The number of amides is 2. The second-order valence-corrected chi connectivity index (χ2v) is 6.97. The molecule has 5 nitrogen and oxygen atoms in total. The Labute approximate surface area is 145 Å². The highest BCUT2D eigenvalue weighted by Gasteiger charge is 2.40. The van der Waals surface area contributed by atoms with Gasteiger partial charge in [0.05, 0.1) is 5.56 Å². The molecule has 24 heavy (non-hydrogen) atoms. The van der Waals surface area contributed by atoms with E-state index in [2.05, 4.69) is 11.9 Å². The maximum Gasteiger partial charge on any atom is 0.270 e. The van der Waals surface area contributed by atoms with Gasteiger partial charge in [0.2, 0.25) is 5.91 Å². The van der Waals surface area contributed by atoms with E-state index in [1.165, 1.54) is 12.3 Å². The molecule has 1 saturated heterocycles. The molecular formula is C18H20ClN3O2. The van der Waals surface area contributed by atoms with Crippen LogP contribution >= 0.6 is 11.6 Å². The summed E-state index contributed by atoms with van der Waals surface area (Å²) in [5.74, 6) is -0.655. The van der Waals surface area contributed by atoms with Crippen LogP contribution in [-0.2, 0) is 6.42 Å². The highest BCUT2D eigenvalue weighted by Crippen LogP contribution is 2.34. The first-order valence-corrected chi connectivity index (χ1v) is 8.31. The molecule has 0 spiro atoms. The predicted molar refractivity (Wildman–Crippen MR) is 93.1 cm³/mol. The van der Waals surface area contributed by atoms with Crippen LogP contribution in [0.3, 0.4) is 0 Å². The van der Waals surface area contributed by atoms with Crippen LogP contribution in [-0.4, -0.2) is 33.8 Å². The molecular weight excluding hydrogens is 326 g/mol. The summed E-state index contributed by atoms with van der Waals surface area (Å²) < 4.78 is 0. The minimum absolute atomic E-state index is 0.107. The van der Waals surface area contributed by atoms with Crippen LogP contribution in [0.15, 0.2) is 36.5 Å². The van der Waals surface area contributed by atoms with Crippen molar-refractivity contribution >= 4 is 23.4 Å². The second-order valence-electron chi connectivity index (χ2n) is 6.53. The van der Waals surface area contributed by atoms with Crippen molar-refractivity contribution in [2.75, 3.05) is 6.54 Å². The van der Waals surface area contributed by atoms with Crippen molar-refractivity contribution in [1.29, 1.82) is 0 Å². The first-order valence-electron chi connectivity index (χ1n) is 7.94. The first kappa shape index (κ1) is 16.6. The lowest BCUT2D eigenvalue weighted by molar-refractivity contribution is 0.0619. The number of H-pyrrole nitrogens is 1. The lowest BCUT2D eigenvalue weighted by Gasteiger charge is -2.35. The molecule has 1 unspecified atom stereocenters. The normalized spacial score (nSPS) is 20.3. The number of carbonyl (C=O) groups is 2. The molecule has 2 amide bonds. The summed E-state index contributed by atoms with van der Waals surface area (Å²) in [7, 11) is 0. The smallest absolute Gasteiger partial charge is 0.270 e. The molecule has 6 heteroatoms. The summed E-state index contributed by atoms with van der Waals surface area (Å²) in [6.45, 7) is 2.79. The summed E-state index contributed by atoms with van der Waals surface area (Å²) >= 11 is 6.07. The minimum Gasteiger partial charge on any atom is -0.366 e. The largest absolute Gasteiger partial charge is 0.366 e. The lowest BCUT2D eigenvalue weighted by atomic mass is 9.90. The molecule has 2 heterocycles. The van der Waals surface area contributed by atoms with Crippen molar-refractivity contribution in [3.63, 3.8) is 0 Å². The zero-order valence-electron chi connectivity index (χ0n) is 13.5. The van der Waals surface area contributed by atoms with Gasteiger partial charge in [-0.3, -0.25) is 9.59 Å². The first-order chi connectivity index (χ1) is 11.4. The lowest BCUT2D eigenvalue weighted by Crippen LogP contribution is -2.46. The van der Waals surface area contributed by atoms with Crippen LogP contribution in [0.5, 0.6) is 0 Å². The van der Waals surface area contributed by atoms with Crippen molar-refractivity contribution in [3.05, 3.63) is 58.4 Å². The van der Waals surface area contributed by atoms with Gasteiger partial charge in [-0.05, 0) is 49.9 Å². The number of rotatable bonds is 4. The summed E-state index contributed by atoms with van der Waals surface area (Å²) in [4.78, 5) is 28.8. The Morgan fingerprint density at radius 3 is 2.83 bits per heavy atom. The van der Waals surface area contributed by atoms with Crippen molar-refractivity contribution < 1.29 is 9.59 Å². The highest BCUT2D eigenvalue weighted by atomic mass is 35.5. The van der Waals surface area contributed by atoms with Gasteiger partial charge in [0.25, 0.3) is 5.91 Å². The van der Waals surface area contributed by atoms with Gasteiger partial charge in [-0.25, -0.2) is 0 Å². The third kappa shape index (κ3) is 3.17. The van der Waals surface area contributed by atoms with Gasteiger partial charge < -0.3 is 15.6 Å². The molecule has 1 aromatic heterocycles. The Kier molecular flexibility index (Phi) is 4.37. The third-order valence-corrected chi connectivity index (χ3v) is 4.90. The Hall–Kier alpha value is -2.27. The molecule has 0 bridgehead atoms. The van der Waals surface area contributed by atoms with Crippen molar-refractivity contribution in [2.45, 2.75) is 31.7 Å². The van der Waals surface area contributed by atoms with Crippen LogP contribution in [0.4, 0.5) is 0 Å². The second kappa shape index (κ2) is 6.32. The minimum atomic E-state index is -0.548. The maximum absolute atomic E-state index is 12.9. The van der Waals surface area contributed by atoms with E-state index in [9.17, 15) is 9.59 Å². The van der Waals surface area contributed by atoms with E-state index in [0.29, 0.717) is 22.8 Å².